The van der Waals surface area contributed by atoms with Crippen LogP contribution in [0, 0.1) is 16.2 Å². The van der Waals surface area contributed by atoms with E-state index in [2.05, 4.69) is 16.0 Å². The molecule has 240 valence electrons. The van der Waals surface area contributed by atoms with Gasteiger partial charge in [0.1, 0.15) is 0 Å². The fraction of sp³-hybridized carbons (Fsp3) is 0.500. The van der Waals surface area contributed by atoms with Gasteiger partial charge in [-0.1, -0.05) is 20.8 Å². The van der Waals surface area contributed by atoms with Gasteiger partial charge in [0.2, 0.25) is 17.7 Å². The van der Waals surface area contributed by atoms with Crippen LogP contribution in [0.25, 0.3) is 0 Å². The van der Waals surface area contributed by atoms with Crippen molar-refractivity contribution in [1.82, 2.24) is 30.7 Å². The molecule has 4 aliphatic rings. The molecule has 3 N–H and O–H groups in total. The van der Waals surface area contributed by atoms with Gasteiger partial charge in [-0.05, 0) is 19.3 Å². The summed E-state index contributed by atoms with van der Waals surface area (Å²) in [5, 5.41) is 8.22. The minimum absolute atomic E-state index is 0.0370. The number of carbonyl (C=O) groups is 9. The third-order valence-corrected chi connectivity index (χ3v) is 8.55. The van der Waals surface area contributed by atoms with E-state index in [1.807, 2.05) is 0 Å². The van der Waals surface area contributed by atoms with Crippen LogP contribution in [-0.2, 0) is 43.2 Å². The molecule has 4 rings (SSSR count). The number of imide groups is 3. The highest BCUT2D eigenvalue weighted by Crippen LogP contribution is 2.54. The summed E-state index contributed by atoms with van der Waals surface area (Å²) in [7, 11) is 0. The Hall–Kier alpha value is -4.95. The van der Waals surface area contributed by atoms with E-state index in [4.69, 9.17) is 0 Å². The number of nitrogens with one attached hydrogen (secondary N) is 3. The second kappa shape index (κ2) is 12.6. The summed E-state index contributed by atoms with van der Waals surface area (Å²) < 4.78 is 0. The Labute approximate surface area is 259 Å². The van der Waals surface area contributed by atoms with E-state index in [1.165, 1.54) is 0 Å². The number of amides is 9. The van der Waals surface area contributed by atoms with Gasteiger partial charge in [-0.2, -0.15) is 0 Å². The van der Waals surface area contributed by atoms with E-state index in [9.17, 15) is 43.2 Å². The van der Waals surface area contributed by atoms with E-state index in [0.717, 1.165) is 51.2 Å². The zero-order valence-corrected chi connectivity index (χ0v) is 25.3. The van der Waals surface area contributed by atoms with Gasteiger partial charge in [-0.3, -0.25) is 57.9 Å². The second-order valence-corrected chi connectivity index (χ2v) is 12.5. The molecule has 0 unspecified atom stereocenters. The summed E-state index contributed by atoms with van der Waals surface area (Å²) in [6.45, 7) is 4.58. The molecular weight excluding hydrogens is 588 g/mol. The lowest BCUT2D eigenvalue weighted by Gasteiger charge is -2.50. The molecule has 45 heavy (non-hydrogen) atoms. The van der Waals surface area contributed by atoms with E-state index in [-0.39, 0.29) is 58.5 Å². The van der Waals surface area contributed by atoms with Crippen molar-refractivity contribution in [2.75, 3.05) is 39.3 Å². The molecule has 1 fully saturated rings. The summed E-state index contributed by atoms with van der Waals surface area (Å²) in [6.07, 6.45) is 6.94. The van der Waals surface area contributed by atoms with Gasteiger partial charge in [-0.15, -0.1) is 0 Å². The summed E-state index contributed by atoms with van der Waals surface area (Å²) in [4.78, 5) is 115. The minimum Gasteiger partial charge on any atom is -0.354 e. The molecule has 15 heteroatoms. The average Bonchev–Trinajstić information content (AvgIpc) is 3.59. The Balaban J connectivity index is 1.46. The van der Waals surface area contributed by atoms with Crippen molar-refractivity contribution >= 4 is 53.2 Å². The van der Waals surface area contributed by atoms with Crippen molar-refractivity contribution in [2.24, 2.45) is 16.2 Å². The SMILES string of the molecule is CC1(C(=O)NCCN2C(=O)C=CC2=O)CC(C)(C(=O)NCCN2C(=O)C=CC2=O)CC(C)(C(=O)NCCN2C(=O)C=CC2=O)C1. The van der Waals surface area contributed by atoms with Crippen LogP contribution in [0.5, 0.6) is 0 Å². The number of hydrogen-bond donors (Lipinski definition) is 3. The first-order valence-electron chi connectivity index (χ1n) is 14.5. The lowest BCUT2D eigenvalue weighted by atomic mass is 9.53. The highest BCUT2D eigenvalue weighted by molar-refractivity contribution is 6.14. The smallest absolute Gasteiger partial charge is 0.253 e. The number of rotatable bonds is 12. The molecule has 15 nitrogen and oxygen atoms in total. The summed E-state index contributed by atoms with van der Waals surface area (Å²) in [5.41, 5.74) is -3.78. The average molecular weight is 625 g/mol. The Kier molecular flexibility index (Phi) is 9.21. The van der Waals surface area contributed by atoms with Crippen LogP contribution in [0.3, 0.4) is 0 Å². The molecule has 0 saturated heterocycles. The Bertz CT molecular complexity index is 1230. The first-order valence-corrected chi connectivity index (χ1v) is 14.5. The molecule has 0 aromatic carbocycles. The van der Waals surface area contributed by atoms with Crippen molar-refractivity contribution < 1.29 is 43.2 Å². The van der Waals surface area contributed by atoms with Crippen molar-refractivity contribution in [2.45, 2.75) is 40.0 Å². The third-order valence-electron chi connectivity index (χ3n) is 8.55. The zero-order valence-electron chi connectivity index (χ0n) is 25.3. The maximum absolute atomic E-state index is 13.6. The van der Waals surface area contributed by atoms with Crippen molar-refractivity contribution in [3.63, 3.8) is 0 Å². The van der Waals surface area contributed by atoms with Crippen LogP contribution in [-0.4, -0.2) is 107 Å². The lowest BCUT2D eigenvalue weighted by Crippen LogP contribution is -2.58. The van der Waals surface area contributed by atoms with Gasteiger partial charge in [0.05, 0.1) is 0 Å². The first kappa shape index (κ1) is 33.0. The normalized spacial score (nSPS) is 27.7. The standard InChI is InChI=1S/C30H36N6O9/c1-28(25(43)31-10-13-34-19(37)4-5-20(34)38)16-29(2,26(44)32-11-14-35-21(39)6-7-22(35)40)18-30(3,17-28)27(45)33-12-15-36-23(41)8-9-24(36)42/h4-9H,10-18H2,1-3H3,(H,31,43)(H,32,44)(H,33,45). The molecule has 0 spiro atoms. The first-order chi connectivity index (χ1) is 21.1. The van der Waals surface area contributed by atoms with Crippen LogP contribution in [0.2, 0.25) is 0 Å². The molecule has 3 aliphatic heterocycles. The lowest BCUT2D eigenvalue weighted by molar-refractivity contribution is -0.155. The van der Waals surface area contributed by atoms with Gasteiger partial charge in [0.15, 0.2) is 0 Å². The van der Waals surface area contributed by atoms with Gasteiger partial charge in [0.25, 0.3) is 35.4 Å². The predicted molar refractivity (Wildman–Crippen MR) is 155 cm³/mol. The zero-order chi connectivity index (χ0) is 33.2. The molecule has 0 aromatic heterocycles. The van der Waals surface area contributed by atoms with Crippen LogP contribution in [0.4, 0.5) is 0 Å². The molecule has 0 aromatic rings. The summed E-state index contributed by atoms with van der Waals surface area (Å²) in [6, 6.07) is 0. The van der Waals surface area contributed by atoms with E-state index in [1.54, 1.807) is 20.8 Å². The maximum Gasteiger partial charge on any atom is 0.253 e. The third kappa shape index (κ3) is 6.91. The van der Waals surface area contributed by atoms with Crippen molar-refractivity contribution in [3.8, 4) is 0 Å². The molecule has 1 aliphatic carbocycles. The predicted octanol–water partition coefficient (Wildman–Crippen LogP) is -1.69. The Morgan fingerprint density at radius 1 is 0.489 bits per heavy atom. The molecule has 0 bridgehead atoms. The highest BCUT2D eigenvalue weighted by atomic mass is 16.2. The largest absolute Gasteiger partial charge is 0.354 e. The molecule has 1 saturated carbocycles. The van der Waals surface area contributed by atoms with E-state index in [0.29, 0.717) is 0 Å². The van der Waals surface area contributed by atoms with Crippen LogP contribution < -0.4 is 16.0 Å². The number of carbonyl (C=O) groups excluding carboxylic acids is 9. The number of nitrogens with zero attached hydrogens (tertiary/aromatic N) is 3. The van der Waals surface area contributed by atoms with Crippen LogP contribution in [0.15, 0.2) is 36.5 Å². The van der Waals surface area contributed by atoms with Gasteiger partial charge >= 0.3 is 0 Å². The van der Waals surface area contributed by atoms with E-state index < -0.39 is 69.4 Å². The van der Waals surface area contributed by atoms with Crippen LogP contribution in [0.1, 0.15) is 40.0 Å². The Morgan fingerprint density at radius 2 is 0.689 bits per heavy atom. The molecule has 0 radical (unpaired) electrons. The molecule has 9 amide bonds. The summed E-state index contributed by atoms with van der Waals surface area (Å²) >= 11 is 0. The van der Waals surface area contributed by atoms with E-state index >= 15 is 0 Å². The molecule has 0 atom stereocenters. The second-order valence-electron chi connectivity index (χ2n) is 12.5. The van der Waals surface area contributed by atoms with Gasteiger partial charge in [-0.25, -0.2) is 0 Å². The van der Waals surface area contributed by atoms with Gasteiger partial charge < -0.3 is 16.0 Å². The Morgan fingerprint density at radius 3 is 0.889 bits per heavy atom. The molecular formula is C30H36N6O9. The summed E-state index contributed by atoms with van der Waals surface area (Å²) in [5.74, 6) is -4.40. The quantitative estimate of drug-likeness (QED) is 0.212. The van der Waals surface area contributed by atoms with Gasteiger partial charge in [0, 0.05) is 92.0 Å². The van der Waals surface area contributed by atoms with Crippen molar-refractivity contribution in [3.05, 3.63) is 36.5 Å². The topological polar surface area (TPSA) is 199 Å². The molecule has 3 heterocycles. The van der Waals surface area contributed by atoms with Crippen LogP contribution >= 0.6 is 0 Å². The fourth-order valence-electron chi connectivity index (χ4n) is 6.69. The minimum atomic E-state index is -1.26. The fourth-order valence-corrected chi connectivity index (χ4v) is 6.69. The van der Waals surface area contributed by atoms with Crippen molar-refractivity contribution in [1.29, 1.82) is 0 Å². The maximum atomic E-state index is 13.6. The number of hydrogen-bond acceptors (Lipinski definition) is 9. The highest BCUT2D eigenvalue weighted by Gasteiger charge is 2.57. The monoisotopic (exact) mass is 624 g/mol.